The van der Waals surface area contributed by atoms with Crippen molar-refractivity contribution in [2.45, 2.75) is 0 Å². The summed E-state index contributed by atoms with van der Waals surface area (Å²) in [6.07, 6.45) is 0. The quantitative estimate of drug-likeness (QED) is 0.209. The highest BCUT2D eigenvalue weighted by Crippen LogP contribution is 2.41. The summed E-state index contributed by atoms with van der Waals surface area (Å²) < 4.78 is 11.0. The SMILES string of the molecule is [B]c1cc([B])c2c(c1)c1c([B])c([B])c3c4cc([B])cc([B])c4n(-c4ccc5c(c4)oc4cccc(-c6nc(-c7ccccc7)nc(-c7ccccc7)n6)c45)c3c1n2-c1ccccc1. The van der Waals surface area contributed by atoms with Gasteiger partial charge in [0.05, 0.1) is 11.0 Å². The number of rotatable bonds is 5. The summed E-state index contributed by atoms with van der Waals surface area (Å²) in [5.41, 5.74) is 11.2. The maximum atomic E-state index is 7.14. The van der Waals surface area contributed by atoms with Crippen LogP contribution < -0.4 is 32.8 Å². The van der Waals surface area contributed by atoms with E-state index in [0.29, 0.717) is 77.7 Å². The first-order valence-corrected chi connectivity index (χ1v) is 20.3. The Labute approximate surface area is 369 Å². The lowest BCUT2D eigenvalue weighted by Crippen LogP contribution is -2.27. The Morgan fingerprint density at radius 2 is 0.889 bits per heavy atom. The lowest BCUT2D eigenvalue weighted by atomic mass is 9.74. The van der Waals surface area contributed by atoms with Crippen LogP contribution in [0.15, 0.2) is 156 Å². The van der Waals surface area contributed by atoms with Crippen molar-refractivity contribution in [2.24, 2.45) is 0 Å². The molecule has 6 nitrogen and oxygen atoms in total. The van der Waals surface area contributed by atoms with Crippen molar-refractivity contribution in [3.05, 3.63) is 152 Å². The summed E-state index contributed by atoms with van der Waals surface area (Å²) in [4.78, 5) is 15.0. The van der Waals surface area contributed by atoms with Crippen LogP contribution in [0.2, 0.25) is 0 Å². The van der Waals surface area contributed by atoms with E-state index < -0.39 is 0 Å². The fraction of sp³-hybridized carbons (Fsp3) is 0. The topological polar surface area (TPSA) is 61.7 Å². The summed E-state index contributed by atoms with van der Waals surface area (Å²) in [6, 6.07) is 49.2. The van der Waals surface area contributed by atoms with Crippen LogP contribution in [0, 0.1) is 0 Å². The number of para-hydroxylation sites is 1. The third-order valence-corrected chi connectivity index (χ3v) is 12.0. The van der Waals surface area contributed by atoms with Gasteiger partial charge in [0.2, 0.25) is 0 Å². The fourth-order valence-corrected chi connectivity index (χ4v) is 9.37. The van der Waals surface area contributed by atoms with Crippen molar-refractivity contribution in [2.75, 3.05) is 0 Å². The average Bonchev–Trinajstić information content (AvgIpc) is 3.97. The van der Waals surface area contributed by atoms with E-state index in [4.69, 9.17) is 66.4 Å². The molecule has 0 spiro atoms. The summed E-state index contributed by atoms with van der Waals surface area (Å²) in [6.45, 7) is 0. The second-order valence-corrected chi connectivity index (χ2v) is 15.8. The molecule has 4 aromatic heterocycles. The minimum atomic E-state index is 0.385. The van der Waals surface area contributed by atoms with Crippen LogP contribution in [-0.2, 0) is 0 Å². The van der Waals surface area contributed by atoms with Gasteiger partial charge in [-0.3, -0.25) is 0 Å². The van der Waals surface area contributed by atoms with Gasteiger partial charge in [-0.25, -0.2) is 15.0 Å². The van der Waals surface area contributed by atoms with Gasteiger partial charge in [0.1, 0.15) is 58.2 Å². The molecule has 0 aliphatic carbocycles. The van der Waals surface area contributed by atoms with E-state index in [-0.39, 0.29) is 0 Å². The highest BCUT2D eigenvalue weighted by Gasteiger charge is 2.27. The zero-order chi connectivity index (χ0) is 42.7. The predicted molar refractivity (Wildman–Crippen MR) is 264 cm³/mol. The van der Waals surface area contributed by atoms with Crippen molar-refractivity contribution in [3.8, 4) is 45.5 Å². The first-order valence-electron chi connectivity index (χ1n) is 20.3. The Morgan fingerprint density at radius 1 is 0.381 bits per heavy atom. The monoisotopic (exact) mass is 789 g/mol. The molecule has 4 heterocycles. The third-order valence-electron chi connectivity index (χ3n) is 12.0. The smallest absolute Gasteiger partial charge is 0.164 e. The Bertz CT molecular complexity index is 3810. The molecule has 0 bridgehead atoms. The lowest BCUT2D eigenvalue weighted by Gasteiger charge is -2.16. The molecular formula is C51H25B6N5O. The number of hydrogen-bond donors (Lipinski definition) is 0. The molecule has 0 N–H and O–H groups in total. The Balaban J connectivity index is 1.17. The second kappa shape index (κ2) is 14.0. The van der Waals surface area contributed by atoms with Gasteiger partial charge in [-0.2, -0.15) is 0 Å². The number of hydrogen-bond acceptors (Lipinski definition) is 4. The summed E-state index contributed by atoms with van der Waals surface area (Å²) in [7, 11) is 41.0. The number of benzene rings is 8. The molecule has 0 aliphatic heterocycles. The minimum absolute atomic E-state index is 0.385. The van der Waals surface area contributed by atoms with Crippen molar-refractivity contribution < 1.29 is 4.42 Å². The van der Waals surface area contributed by atoms with E-state index in [0.717, 1.165) is 66.2 Å². The highest BCUT2D eigenvalue weighted by molar-refractivity contribution is 6.61. The standard InChI is InChI=1S/C51H25B6N5O/c52-28-21-34-41-43(56)44(57)42-35-22-29(53)24-37(55)46(35)62(48(42)47(41)61(45(34)36(54)23-28)30-15-8-3-9-16-30)31-19-20-32-39(25-31)63-38-18-10-17-33(40(32)38)51-59-49(26-11-4-1-5-12-26)58-50(60-51)27-13-6-2-7-14-27/h1-25H. The Hall–Kier alpha value is -7.44. The molecular weight excluding hydrogens is 763 g/mol. The summed E-state index contributed by atoms with van der Waals surface area (Å²) >= 11 is 0. The second-order valence-electron chi connectivity index (χ2n) is 15.8. The van der Waals surface area contributed by atoms with Gasteiger partial charge >= 0.3 is 0 Å². The van der Waals surface area contributed by atoms with Crippen molar-refractivity contribution in [3.63, 3.8) is 0 Å². The molecule has 0 fully saturated rings. The maximum absolute atomic E-state index is 7.14. The molecule has 63 heavy (non-hydrogen) atoms. The van der Waals surface area contributed by atoms with Crippen LogP contribution >= 0.6 is 0 Å². The van der Waals surface area contributed by atoms with E-state index in [2.05, 4.69) is 21.3 Å². The summed E-state index contributed by atoms with van der Waals surface area (Å²) in [5, 5.41) is 4.67. The van der Waals surface area contributed by atoms with E-state index in [9.17, 15) is 0 Å². The minimum Gasteiger partial charge on any atom is -0.456 e. The van der Waals surface area contributed by atoms with Gasteiger partial charge in [-0.05, 0) is 30.3 Å². The number of furan rings is 1. The molecule has 12 rings (SSSR count). The molecule has 8 aromatic carbocycles. The van der Waals surface area contributed by atoms with Crippen LogP contribution in [0.25, 0.3) is 111 Å². The molecule has 12 radical (unpaired) electrons. The van der Waals surface area contributed by atoms with Gasteiger partial charge in [0.15, 0.2) is 17.5 Å². The van der Waals surface area contributed by atoms with Crippen molar-refractivity contribution in [1.82, 2.24) is 24.1 Å². The van der Waals surface area contributed by atoms with E-state index >= 15 is 0 Å². The third kappa shape index (κ3) is 5.63. The van der Waals surface area contributed by atoms with Crippen LogP contribution in [0.1, 0.15) is 0 Å². The zero-order valence-electron chi connectivity index (χ0n) is 33.5. The van der Waals surface area contributed by atoms with Gasteiger partial charge in [0.25, 0.3) is 0 Å². The van der Waals surface area contributed by atoms with Crippen molar-refractivity contribution in [1.29, 1.82) is 0 Å². The van der Waals surface area contributed by atoms with Crippen molar-refractivity contribution >= 4 is 145 Å². The molecule has 0 unspecified atom stereocenters. The molecule has 0 saturated carbocycles. The summed E-state index contributed by atoms with van der Waals surface area (Å²) in [5.74, 6) is 1.66. The largest absolute Gasteiger partial charge is 0.456 e. The number of fused-ring (bicyclic) bond motifs is 10. The first-order chi connectivity index (χ1) is 30.7. The molecule has 278 valence electrons. The molecule has 0 aliphatic rings. The van der Waals surface area contributed by atoms with Gasteiger partial charge in [-0.1, -0.05) is 148 Å². The first kappa shape index (κ1) is 37.3. The predicted octanol–water partition coefficient (Wildman–Crippen LogP) is 5.73. The average molecular weight is 789 g/mol. The van der Waals surface area contributed by atoms with Crippen LogP contribution in [0.5, 0.6) is 0 Å². The Kier molecular flexibility index (Phi) is 8.32. The highest BCUT2D eigenvalue weighted by atomic mass is 16.3. The van der Waals surface area contributed by atoms with Crippen LogP contribution in [-0.4, -0.2) is 71.2 Å². The van der Waals surface area contributed by atoms with E-state index in [1.54, 1.807) is 12.1 Å². The van der Waals surface area contributed by atoms with Crippen LogP contribution in [0.3, 0.4) is 0 Å². The molecule has 12 heteroatoms. The molecule has 0 amide bonds. The van der Waals surface area contributed by atoms with Gasteiger partial charge < -0.3 is 13.6 Å². The zero-order valence-corrected chi connectivity index (χ0v) is 33.5. The fourth-order valence-electron chi connectivity index (χ4n) is 9.37. The van der Waals surface area contributed by atoms with E-state index in [1.165, 1.54) is 0 Å². The maximum Gasteiger partial charge on any atom is 0.164 e. The normalized spacial score (nSPS) is 11.9. The molecule has 0 atom stereocenters. The number of nitrogens with zero attached hydrogens (tertiary/aromatic N) is 5. The van der Waals surface area contributed by atoms with Gasteiger partial charge in [-0.15, -0.1) is 0 Å². The number of aromatic nitrogens is 5. The van der Waals surface area contributed by atoms with E-state index in [1.807, 2.05) is 127 Å². The van der Waals surface area contributed by atoms with Gasteiger partial charge in [0, 0.05) is 77.5 Å². The lowest BCUT2D eigenvalue weighted by molar-refractivity contribution is 0.668. The molecule has 12 aromatic rings. The Morgan fingerprint density at radius 3 is 1.44 bits per heavy atom. The molecule has 0 saturated heterocycles. The van der Waals surface area contributed by atoms with Crippen LogP contribution in [0.4, 0.5) is 0 Å².